The molecule has 1 aromatic carbocycles. The van der Waals surface area contributed by atoms with Gasteiger partial charge in [0.2, 0.25) is 0 Å². The summed E-state index contributed by atoms with van der Waals surface area (Å²) in [5.74, 6) is -0.634. The van der Waals surface area contributed by atoms with Crippen molar-refractivity contribution in [2.45, 2.75) is 44.9 Å². The normalized spacial score (nSPS) is 22.8. The Balaban J connectivity index is 1.77. The Morgan fingerprint density at radius 1 is 1.33 bits per heavy atom. The maximum absolute atomic E-state index is 13.3. The van der Waals surface area contributed by atoms with Crippen molar-refractivity contribution < 1.29 is 18.8 Å². The monoisotopic (exact) mass is 337 g/mol. The minimum absolute atomic E-state index is 0.0216. The van der Waals surface area contributed by atoms with Crippen molar-refractivity contribution in [1.82, 2.24) is 4.90 Å². The van der Waals surface area contributed by atoms with Crippen LogP contribution in [0.15, 0.2) is 18.2 Å². The van der Waals surface area contributed by atoms with Gasteiger partial charge >= 0.3 is 6.09 Å². The molecule has 0 aliphatic carbocycles. The van der Waals surface area contributed by atoms with Gasteiger partial charge in [0.25, 0.3) is 5.69 Å². The van der Waals surface area contributed by atoms with Gasteiger partial charge in [-0.1, -0.05) is 0 Å². The van der Waals surface area contributed by atoms with Gasteiger partial charge in [-0.05, 0) is 39.3 Å². The van der Waals surface area contributed by atoms with Crippen molar-refractivity contribution in [3.8, 4) is 0 Å². The number of carbonyl (C=O) groups excluding carboxylic acids is 1. The standard InChI is InChI=1S/C16H20FN3O4/c1-16(2,3)24-15(21)19-9-11-7-12(19)8-18(11)13-5-4-10(17)6-14(13)20(22)23/h4-6,11-12H,7-9H2,1-3H3/t11-,12-/m1/s1. The molecule has 3 rings (SSSR count). The van der Waals surface area contributed by atoms with Crippen LogP contribution in [0.3, 0.4) is 0 Å². The van der Waals surface area contributed by atoms with E-state index in [1.54, 1.807) is 4.90 Å². The molecule has 24 heavy (non-hydrogen) atoms. The molecule has 2 aliphatic rings. The van der Waals surface area contributed by atoms with Crippen LogP contribution in [0.5, 0.6) is 0 Å². The predicted octanol–water partition coefficient (Wildman–Crippen LogP) is 2.93. The highest BCUT2D eigenvalue weighted by Gasteiger charge is 2.47. The van der Waals surface area contributed by atoms with Gasteiger partial charge in [-0.15, -0.1) is 0 Å². The highest BCUT2D eigenvalue weighted by molar-refractivity contribution is 5.71. The number of hydrogen-bond acceptors (Lipinski definition) is 5. The number of nitro groups is 1. The van der Waals surface area contributed by atoms with Crippen LogP contribution in [0.1, 0.15) is 27.2 Å². The van der Waals surface area contributed by atoms with Crippen LogP contribution in [0, 0.1) is 15.9 Å². The van der Waals surface area contributed by atoms with Gasteiger partial charge in [-0.2, -0.15) is 0 Å². The number of amides is 1. The fraction of sp³-hybridized carbons (Fsp3) is 0.562. The van der Waals surface area contributed by atoms with Crippen LogP contribution < -0.4 is 4.90 Å². The molecule has 7 nitrogen and oxygen atoms in total. The molecule has 2 fully saturated rings. The lowest BCUT2D eigenvalue weighted by molar-refractivity contribution is -0.384. The molecule has 2 aliphatic heterocycles. The molecule has 2 heterocycles. The van der Waals surface area contributed by atoms with E-state index in [9.17, 15) is 19.3 Å². The van der Waals surface area contributed by atoms with Crippen molar-refractivity contribution in [2.24, 2.45) is 0 Å². The molecule has 0 spiro atoms. The van der Waals surface area contributed by atoms with Gasteiger partial charge in [0.05, 0.1) is 17.0 Å². The molecular weight excluding hydrogens is 317 g/mol. The molecule has 8 heteroatoms. The number of hydrogen-bond donors (Lipinski definition) is 0. The first-order valence-electron chi connectivity index (χ1n) is 7.86. The maximum Gasteiger partial charge on any atom is 0.410 e. The van der Waals surface area contributed by atoms with Crippen molar-refractivity contribution in [3.63, 3.8) is 0 Å². The van der Waals surface area contributed by atoms with Crippen LogP contribution in [0.25, 0.3) is 0 Å². The summed E-state index contributed by atoms with van der Waals surface area (Å²) in [6, 6.07) is 3.53. The molecule has 130 valence electrons. The minimum atomic E-state index is -0.634. The first-order valence-corrected chi connectivity index (χ1v) is 7.86. The molecule has 0 unspecified atom stereocenters. The van der Waals surface area contributed by atoms with Gasteiger partial charge in [-0.3, -0.25) is 10.1 Å². The SMILES string of the molecule is CC(C)(C)OC(=O)N1C[C@H]2C[C@@H]1CN2c1ccc(F)cc1[N+](=O)[O-]. The number of rotatable bonds is 2. The number of carbonyl (C=O) groups is 1. The average molecular weight is 337 g/mol. The number of nitro benzene ring substituents is 1. The van der Waals surface area contributed by atoms with Crippen LogP contribution in [0.2, 0.25) is 0 Å². The van der Waals surface area contributed by atoms with E-state index in [4.69, 9.17) is 4.74 Å². The van der Waals surface area contributed by atoms with E-state index in [0.29, 0.717) is 18.8 Å². The summed E-state index contributed by atoms with van der Waals surface area (Å²) in [4.78, 5) is 26.4. The number of ether oxygens (including phenoxy) is 1. The van der Waals surface area contributed by atoms with E-state index in [2.05, 4.69) is 0 Å². The van der Waals surface area contributed by atoms with E-state index < -0.39 is 16.3 Å². The third-order valence-electron chi connectivity index (χ3n) is 4.31. The summed E-state index contributed by atoms with van der Waals surface area (Å²) in [6.45, 7) is 6.37. The number of halogens is 1. The quantitative estimate of drug-likeness (QED) is 0.612. The van der Waals surface area contributed by atoms with Crippen LogP contribution in [0.4, 0.5) is 20.6 Å². The Hall–Kier alpha value is -2.38. The van der Waals surface area contributed by atoms with Gasteiger partial charge in [0, 0.05) is 19.1 Å². The summed E-state index contributed by atoms with van der Waals surface area (Å²) >= 11 is 0. The predicted molar refractivity (Wildman–Crippen MR) is 85.5 cm³/mol. The molecule has 0 aromatic heterocycles. The van der Waals surface area contributed by atoms with Crippen LogP contribution in [-0.2, 0) is 4.74 Å². The zero-order chi connectivity index (χ0) is 17.6. The Bertz CT molecular complexity index is 688. The van der Waals surface area contributed by atoms with Gasteiger partial charge < -0.3 is 14.5 Å². The van der Waals surface area contributed by atoms with Crippen molar-refractivity contribution in [2.75, 3.05) is 18.0 Å². The van der Waals surface area contributed by atoms with Gasteiger partial charge in [-0.25, -0.2) is 9.18 Å². The highest BCUT2D eigenvalue weighted by atomic mass is 19.1. The number of likely N-dealkylation sites (tertiary alicyclic amines) is 1. The second kappa shape index (κ2) is 5.61. The van der Waals surface area contributed by atoms with Gasteiger partial charge in [0.15, 0.2) is 0 Å². The lowest BCUT2D eigenvalue weighted by Gasteiger charge is -2.36. The van der Waals surface area contributed by atoms with Crippen molar-refractivity contribution in [3.05, 3.63) is 34.1 Å². The summed E-state index contributed by atoms with van der Waals surface area (Å²) in [5.41, 5.74) is -0.405. The van der Waals surface area contributed by atoms with E-state index in [1.807, 2.05) is 25.7 Å². The topological polar surface area (TPSA) is 75.9 Å². The number of piperazine rings is 1. The fourth-order valence-corrected chi connectivity index (χ4v) is 3.39. The van der Waals surface area contributed by atoms with E-state index in [1.165, 1.54) is 12.1 Å². The Morgan fingerprint density at radius 2 is 2.04 bits per heavy atom. The number of fused-ring (bicyclic) bond motifs is 2. The van der Waals surface area contributed by atoms with E-state index >= 15 is 0 Å². The van der Waals surface area contributed by atoms with Crippen LogP contribution in [-0.4, -0.2) is 46.7 Å². The Kier molecular flexibility index (Phi) is 3.85. The number of anilines is 1. The number of benzene rings is 1. The molecule has 1 aromatic rings. The molecule has 2 bridgehead atoms. The molecule has 0 radical (unpaired) electrons. The molecule has 0 N–H and O–H groups in total. The lowest BCUT2D eigenvalue weighted by atomic mass is 10.2. The zero-order valence-corrected chi connectivity index (χ0v) is 13.9. The molecule has 2 atom stereocenters. The third kappa shape index (κ3) is 3.00. The molecular formula is C16H20FN3O4. The van der Waals surface area contributed by atoms with Crippen LogP contribution >= 0.6 is 0 Å². The fourth-order valence-electron chi connectivity index (χ4n) is 3.39. The van der Waals surface area contributed by atoms with Crippen molar-refractivity contribution >= 4 is 17.5 Å². The minimum Gasteiger partial charge on any atom is -0.444 e. The van der Waals surface area contributed by atoms with Gasteiger partial charge in [0.1, 0.15) is 17.1 Å². The lowest BCUT2D eigenvalue weighted by Crippen LogP contribution is -2.50. The second-order valence-corrected chi connectivity index (χ2v) is 7.22. The molecule has 0 saturated carbocycles. The summed E-state index contributed by atoms with van der Waals surface area (Å²) < 4.78 is 18.7. The number of nitrogens with zero attached hydrogens (tertiary/aromatic N) is 3. The zero-order valence-electron chi connectivity index (χ0n) is 13.9. The average Bonchev–Trinajstić information content (AvgIpc) is 3.05. The van der Waals surface area contributed by atoms with E-state index in [0.717, 1.165) is 12.5 Å². The smallest absolute Gasteiger partial charge is 0.410 e. The highest BCUT2D eigenvalue weighted by Crippen LogP contribution is 2.39. The summed E-state index contributed by atoms with van der Waals surface area (Å²) in [6.07, 6.45) is 0.372. The Morgan fingerprint density at radius 3 is 2.58 bits per heavy atom. The largest absolute Gasteiger partial charge is 0.444 e. The first kappa shape index (κ1) is 16.5. The maximum atomic E-state index is 13.3. The Labute approximate surface area is 139 Å². The van der Waals surface area contributed by atoms with E-state index in [-0.39, 0.29) is 23.9 Å². The molecule has 2 saturated heterocycles. The first-order chi connectivity index (χ1) is 11.2. The second-order valence-electron chi connectivity index (χ2n) is 7.22. The summed E-state index contributed by atoms with van der Waals surface area (Å²) in [5, 5.41) is 11.2. The third-order valence-corrected chi connectivity index (χ3v) is 4.31. The van der Waals surface area contributed by atoms with Crippen molar-refractivity contribution in [1.29, 1.82) is 0 Å². The summed E-state index contributed by atoms with van der Waals surface area (Å²) in [7, 11) is 0. The molecule has 1 amide bonds.